The third kappa shape index (κ3) is 33.0. The molecular weight excluding hydrogens is 779 g/mol. The molecule has 7 atom stereocenters. The highest BCUT2D eigenvalue weighted by atomic mass is 16.7. The van der Waals surface area contributed by atoms with Gasteiger partial charge in [0.1, 0.15) is 24.4 Å². The topological polar surface area (TPSA) is 149 Å². The third-order valence-corrected chi connectivity index (χ3v) is 12.4. The Bertz CT molecular complexity index is 1070. The number of aliphatic hydroxyl groups excluding tert-OH is 5. The molecule has 0 saturated carbocycles. The summed E-state index contributed by atoms with van der Waals surface area (Å²) in [5.74, 6) is -0.194. The van der Waals surface area contributed by atoms with Crippen LogP contribution < -0.4 is 5.32 Å². The largest absolute Gasteiger partial charge is 0.394 e. The molecule has 364 valence electrons. The summed E-state index contributed by atoms with van der Waals surface area (Å²) in [6.45, 7) is 3.77. The fourth-order valence-corrected chi connectivity index (χ4v) is 8.23. The van der Waals surface area contributed by atoms with Gasteiger partial charge in [0.15, 0.2) is 6.29 Å². The van der Waals surface area contributed by atoms with Gasteiger partial charge in [0.05, 0.1) is 25.4 Å². The molecule has 0 aliphatic carbocycles. The van der Waals surface area contributed by atoms with E-state index in [0.717, 1.165) is 57.8 Å². The lowest BCUT2D eigenvalue weighted by Crippen LogP contribution is -2.60. The van der Waals surface area contributed by atoms with E-state index in [1.165, 1.54) is 161 Å². The molecule has 0 aromatic carbocycles. The summed E-state index contributed by atoms with van der Waals surface area (Å²) in [6, 6.07) is -0.825. The fraction of sp³-hybridized carbons (Fsp3) is 0.868. The fourth-order valence-electron chi connectivity index (χ4n) is 8.23. The van der Waals surface area contributed by atoms with Crippen molar-refractivity contribution in [3.8, 4) is 0 Å². The number of carbonyl (C=O) groups excluding carboxylic acids is 1. The summed E-state index contributed by atoms with van der Waals surface area (Å²) in [5, 5.41) is 54.3. The van der Waals surface area contributed by atoms with Crippen molar-refractivity contribution in [2.24, 2.45) is 0 Å². The van der Waals surface area contributed by atoms with Crippen LogP contribution in [-0.4, -0.2) is 87.5 Å². The summed E-state index contributed by atoms with van der Waals surface area (Å²) in [4.78, 5) is 13.0. The highest BCUT2D eigenvalue weighted by Crippen LogP contribution is 2.23. The van der Waals surface area contributed by atoms with E-state index in [1.807, 2.05) is 6.08 Å². The van der Waals surface area contributed by atoms with Gasteiger partial charge in [-0.15, -0.1) is 0 Å². The quantitative estimate of drug-likeness (QED) is 0.0262. The first-order valence-electron chi connectivity index (χ1n) is 26.2. The first-order valence-corrected chi connectivity index (χ1v) is 26.2. The second-order valence-electron chi connectivity index (χ2n) is 18.3. The molecule has 0 aromatic heterocycles. The van der Waals surface area contributed by atoms with Gasteiger partial charge >= 0.3 is 0 Å². The van der Waals surface area contributed by atoms with E-state index in [0.29, 0.717) is 6.42 Å². The number of unbranched alkanes of at least 4 members (excludes halogenated alkanes) is 30. The third-order valence-electron chi connectivity index (χ3n) is 12.4. The van der Waals surface area contributed by atoms with Crippen molar-refractivity contribution >= 4 is 5.91 Å². The predicted octanol–water partition coefficient (Wildman–Crippen LogP) is 12.0. The molecule has 0 bridgehead atoms. The van der Waals surface area contributed by atoms with Crippen molar-refractivity contribution in [2.45, 2.75) is 281 Å². The standard InChI is InChI=1S/C53H99NO8/c1-3-5-7-9-11-13-15-17-19-21-23-24-25-26-28-30-32-34-36-38-40-42-47(56)46(45-61-53-52(60)51(59)50(58)48(44-55)62-53)54-49(57)43-41-39-37-35-33-31-29-27-22-20-18-16-14-12-10-8-6-4-2/h27,29,32,34,40,42,46-48,50-53,55-56,58-60H,3-26,28,30-31,33,35-39,41,43-45H2,1-2H3,(H,54,57)/b29-27-,34-32+,42-40+. The maximum atomic E-state index is 13.0. The Morgan fingerprint density at radius 3 is 1.35 bits per heavy atom. The molecule has 1 heterocycles. The second-order valence-corrected chi connectivity index (χ2v) is 18.3. The van der Waals surface area contributed by atoms with Crippen molar-refractivity contribution in [2.75, 3.05) is 13.2 Å². The zero-order valence-electron chi connectivity index (χ0n) is 40.1. The smallest absolute Gasteiger partial charge is 0.220 e. The molecule has 9 nitrogen and oxygen atoms in total. The van der Waals surface area contributed by atoms with Crippen LogP contribution in [0.15, 0.2) is 36.5 Å². The molecule has 1 amide bonds. The van der Waals surface area contributed by atoms with E-state index in [-0.39, 0.29) is 12.5 Å². The molecule has 0 radical (unpaired) electrons. The highest BCUT2D eigenvalue weighted by Gasteiger charge is 2.44. The van der Waals surface area contributed by atoms with Crippen LogP contribution in [0.1, 0.15) is 239 Å². The van der Waals surface area contributed by atoms with Crippen LogP contribution in [0.25, 0.3) is 0 Å². The van der Waals surface area contributed by atoms with Crippen molar-refractivity contribution in [3.63, 3.8) is 0 Å². The van der Waals surface area contributed by atoms with Crippen LogP contribution in [0.5, 0.6) is 0 Å². The number of hydrogen-bond donors (Lipinski definition) is 6. The van der Waals surface area contributed by atoms with Crippen LogP contribution in [0.3, 0.4) is 0 Å². The molecule has 6 N–H and O–H groups in total. The van der Waals surface area contributed by atoms with Crippen LogP contribution >= 0.6 is 0 Å². The van der Waals surface area contributed by atoms with E-state index in [4.69, 9.17) is 9.47 Å². The minimum absolute atomic E-state index is 0.194. The van der Waals surface area contributed by atoms with E-state index >= 15 is 0 Å². The van der Waals surface area contributed by atoms with E-state index in [2.05, 4.69) is 43.5 Å². The van der Waals surface area contributed by atoms with Gasteiger partial charge in [-0.05, 0) is 57.8 Å². The highest BCUT2D eigenvalue weighted by molar-refractivity contribution is 5.76. The Labute approximate surface area is 381 Å². The van der Waals surface area contributed by atoms with Crippen LogP contribution in [0, 0.1) is 0 Å². The molecule has 1 aliphatic heterocycles. The first kappa shape index (κ1) is 58.4. The van der Waals surface area contributed by atoms with Crippen LogP contribution in [0.2, 0.25) is 0 Å². The second kappa shape index (κ2) is 43.3. The zero-order chi connectivity index (χ0) is 45.1. The Morgan fingerprint density at radius 1 is 0.532 bits per heavy atom. The summed E-state index contributed by atoms with van der Waals surface area (Å²) >= 11 is 0. The molecular formula is C53H99NO8. The number of carbonyl (C=O) groups is 1. The number of nitrogens with one attached hydrogen (secondary N) is 1. The summed E-state index contributed by atoms with van der Waals surface area (Å²) in [7, 11) is 0. The zero-order valence-corrected chi connectivity index (χ0v) is 40.1. The molecule has 1 saturated heterocycles. The first-order chi connectivity index (χ1) is 30.3. The number of hydrogen-bond acceptors (Lipinski definition) is 8. The molecule has 62 heavy (non-hydrogen) atoms. The Kier molecular flexibility index (Phi) is 40.8. The van der Waals surface area contributed by atoms with E-state index in [1.54, 1.807) is 6.08 Å². The summed E-state index contributed by atoms with van der Waals surface area (Å²) < 4.78 is 11.2. The van der Waals surface area contributed by atoms with Gasteiger partial charge in [-0.1, -0.05) is 211 Å². The molecule has 0 spiro atoms. The van der Waals surface area contributed by atoms with Crippen molar-refractivity contribution < 1.29 is 39.8 Å². The average Bonchev–Trinajstić information content (AvgIpc) is 3.27. The van der Waals surface area contributed by atoms with Gasteiger partial charge < -0.3 is 40.3 Å². The number of rotatable bonds is 44. The molecule has 1 aliphatic rings. The Balaban J connectivity index is 2.32. The lowest BCUT2D eigenvalue weighted by Gasteiger charge is -2.40. The van der Waals surface area contributed by atoms with Gasteiger partial charge in [-0.3, -0.25) is 4.79 Å². The Hall–Kier alpha value is -1.59. The number of amides is 1. The lowest BCUT2D eigenvalue weighted by molar-refractivity contribution is -0.302. The number of allylic oxidation sites excluding steroid dienone is 5. The number of aliphatic hydroxyl groups is 5. The van der Waals surface area contributed by atoms with Crippen LogP contribution in [-0.2, 0) is 14.3 Å². The minimum Gasteiger partial charge on any atom is -0.394 e. The van der Waals surface area contributed by atoms with Gasteiger partial charge in [0, 0.05) is 6.42 Å². The molecule has 7 unspecified atom stereocenters. The van der Waals surface area contributed by atoms with E-state index < -0.39 is 49.5 Å². The van der Waals surface area contributed by atoms with Crippen molar-refractivity contribution in [1.29, 1.82) is 0 Å². The maximum absolute atomic E-state index is 13.0. The summed E-state index contributed by atoms with van der Waals surface area (Å²) in [5.41, 5.74) is 0. The van der Waals surface area contributed by atoms with Gasteiger partial charge in [-0.25, -0.2) is 0 Å². The normalized spacial score (nSPS) is 20.5. The van der Waals surface area contributed by atoms with Gasteiger partial charge in [-0.2, -0.15) is 0 Å². The monoisotopic (exact) mass is 878 g/mol. The summed E-state index contributed by atoms with van der Waals surface area (Å²) in [6.07, 6.45) is 47.7. The lowest BCUT2D eigenvalue weighted by atomic mass is 9.99. The van der Waals surface area contributed by atoms with Crippen LogP contribution in [0.4, 0.5) is 0 Å². The minimum atomic E-state index is -1.57. The van der Waals surface area contributed by atoms with Gasteiger partial charge in [0.25, 0.3) is 0 Å². The Morgan fingerprint density at radius 2 is 0.919 bits per heavy atom. The SMILES string of the molecule is CCCCCCCCCCC/C=C\CCCCCCCC(=O)NC(COC1OC(CO)C(O)C(O)C1O)C(O)/C=C/CC/C=C/CCCCCCCCCCCCCCCCC. The molecule has 0 aromatic rings. The number of ether oxygens (including phenoxy) is 2. The predicted molar refractivity (Wildman–Crippen MR) is 258 cm³/mol. The molecule has 9 heteroatoms. The van der Waals surface area contributed by atoms with Gasteiger partial charge in [0.2, 0.25) is 5.91 Å². The molecule has 1 fully saturated rings. The maximum Gasteiger partial charge on any atom is 0.220 e. The van der Waals surface area contributed by atoms with E-state index in [9.17, 15) is 30.3 Å². The average molecular weight is 878 g/mol. The molecule has 1 rings (SSSR count). The van der Waals surface area contributed by atoms with Crippen molar-refractivity contribution in [1.82, 2.24) is 5.32 Å². The van der Waals surface area contributed by atoms with Crippen molar-refractivity contribution in [3.05, 3.63) is 36.5 Å².